The van der Waals surface area contributed by atoms with Crippen LogP contribution in [0.5, 0.6) is 0 Å². The third-order valence-electron chi connectivity index (χ3n) is 5.11. The predicted molar refractivity (Wildman–Crippen MR) is 92.9 cm³/mol. The molecule has 2 aliphatic rings. The van der Waals surface area contributed by atoms with Crippen molar-refractivity contribution < 1.29 is 0 Å². The van der Waals surface area contributed by atoms with E-state index in [2.05, 4.69) is 59.3 Å². The SMILES string of the molecule is CC1CN(CC2CCN(Cc3ccccc3)CC2)CC(C)N1. The third kappa shape index (κ3) is 4.55. The van der Waals surface area contributed by atoms with Crippen LogP contribution in [0.1, 0.15) is 32.3 Å². The van der Waals surface area contributed by atoms with E-state index in [9.17, 15) is 0 Å². The molecule has 0 aromatic heterocycles. The predicted octanol–water partition coefficient (Wildman–Crippen LogP) is 2.58. The summed E-state index contributed by atoms with van der Waals surface area (Å²) in [5, 5.41) is 3.63. The Morgan fingerprint density at radius 3 is 2.23 bits per heavy atom. The van der Waals surface area contributed by atoms with E-state index in [4.69, 9.17) is 0 Å². The van der Waals surface area contributed by atoms with E-state index >= 15 is 0 Å². The molecule has 2 saturated heterocycles. The number of hydrogen-bond acceptors (Lipinski definition) is 3. The molecule has 1 aromatic carbocycles. The van der Waals surface area contributed by atoms with Crippen LogP contribution < -0.4 is 5.32 Å². The Labute approximate surface area is 135 Å². The fraction of sp³-hybridized carbons (Fsp3) is 0.684. The summed E-state index contributed by atoms with van der Waals surface area (Å²) in [6, 6.07) is 12.2. The average Bonchev–Trinajstić information content (AvgIpc) is 2.49. The Bertz CT molecular complexity index is 429. The van der Waals surface area contributed by atoms with Crippen molar-refractivity contribution in [1.82, 2.24) is 15.1 Å². The van der Waals surface area contributed by atoms with Gasteiger partial charge in [0, 0.05) is 38.3 Å². The fourth-order valence-corrected chi connectivity index (χ4v) is 4.12. The summed E-state index contributed by atoms with van der Waals surface area (Å²) in [5.41, 5.74) is 1.45. The van der Waals surface area contributed by atoms with Crippen molar-refractivity contribution in [3.05, 3.63) is 35.9 Å². The molecule has 0 aliphatic carbocycles. The lowest BCUT2D eigenvalue weighted by Gasteiger charge is -2.40. The number of likely N-dealkylation sites (tertiary alicyclic amines) is 1. The van der Waals surface area contributed by atoms with Gasteiger partial charge in [-0.2, -0.15) is 0 Å². The number of nitrogens with zero attached hydrogens (tertiary/aromatic N) is 2. The molecular weight excluding hydrogens is 270 g/mol. The van der Waals surface area contributed by atoms with Gasteiger partial charge in [-0.15, -0.1) is 0 Å². The lowest BCUT2D eigenvalue weighted by molar-refractivity contribution is 0.110. The molecule has 0 bridgehead atoms. The highest BCUT2D eigenvalue weighted by molar-refractivity contribution is 5.14. The number of rotatable bonds is 4. The number of benzene rings is 1. The first kappa shape index (κ1) is 16.0. The molecule has 2 unspecified atom stereocenters. The lowest BCUT2D eigenvalue weighted by Crippen LogP contribution is -2.55. The van der Waals surface area contributed by atoms with Crippen molar-refractivity contribution in [2.24, 2.45) is 5.92 Å². The van der Waals surface area contributed by atoms with E-state index in [0.29, 0.717) is 12.1 Å². The highest BCUT2D eigenvalue weighted by Crippen LogP contribution is 2.21. The molecule has 3 nitrogen and oxygen atoms in total. The van der Waals surface area contributed by atoms with Crippen LogP contribution in [-0.4, -0.2) is 54.6 Å². The molecule has 1 N–H and O–H groups in total. The first-order valence-electron chi connectivity index (χ1n) is 8.93. The normalized spacial score (nSPS) is 28.8. The summed E-state index contributed by atoms with van der Waals surface area (Å²) in [5.74, 6) is 0.893. The first-order valence-corrected chi connectivity index (χ1v) is 8.93. The zero-order valence-corrected chi connectivity index (χ0v) is 14.2. The van der Waals surface area contributed by atoms with Gasteiger partial charge in [0.25, 0.3) is 0 Å². The Hall–Kier alpha value is -0.900. The van der Waals surface area contributed by atoms with E-state index < -0.39 is 0 Å². The summed E-state index contributed by atoms with van der Waals surface area (Å²) in [6.45, 7) is 12.0. The molecule has 2 atom stereocenters. The molecule has 2 heterocycles. The van der Waals surface area contributed by atoms with Crippen molar-refractivity contribution in [3.8, 4) is 0 Å². The minimum absolute atomic E-state index is 0.641. The van der Waals surface area contributed by atoms with Gasteiger partial charge < -0.3 is 5.32 Å². The van der Waals surface area contributed by atoms with Crippen LogP contribution in [0.4, 0.5) is 0 Å². The topological polar surface area (TPSA) is 18.5 Å². The van der Waals surface area contributed by atoms with Gasteiger partial charge in [0.15, 0.2) is 0 Å². The molecule has 122 valence electrons. The quantitative estimate of drug-likeness (QED) is 0.922. The minimum atomic E-state index is 0.641. The Morgan fingerprint density at radius 1 is 0.955 bits per heavy atom. The van der Waals surface area contributed by atoms with Gasteiger partial charge in [-0.1, -0.05) is 30.3 Å². The molecule has 0 saturated carbocycles. The summed E-state index contributed by atoms with van der Waals surface area (Å²) in [7, 11) is 0. The number of hydrogen-bond donors (Lipinski definition) is 1. The van der Waals surface area contributed by atoms with Crippen LogP contribution in [0.3, 0.4) is 0 Å². The van der Waals surface area contributed by atoms with Crippen LogP contribution in [-0.2, 0) is 6.54 Å². The monoisotopic (exact) mass is 301 g/mol. The summed E-state index contributed by atoms with van der Waals surface area (Å²) >= 11 is 0. The maximum absolute atomic E-state index is 3.63. The Balaban J connectivity index is 1.42. The highest BCUT2D eigenvalue weighted by atomic mass is 15.2. The van der Waals surface area contributed by atoms with E-state index in [1.54, 1.807) is 0 Å². The molecule has 2 aliphatic heterocycles. The Morgan fingerprint density at radius 2 is 1.59 bits per heavy atom. The molecule has 0 radical (unpaired) electrons. The summed E-state index contributed by atoms with van der Waals surface area (Å²) in [6.07, 6.45) is 2.72. The second-order valence-electron chi connectivity index (χ2n) is 7.39. The summed E-state index contributed by atoms with van der Waals surface area (Å²) < 4.78 is 0. The number of nitrogens with one attached hydrogen (secondary N) is 1. The molecular formula is C19H31N3. The fourth-order valence-electron chi connectivity index (χ4n) is 4.12. The maximum Gasteiger partial charge on any atom is 0.0233 e. The largest absolute Gasteiger partial charge is 0.309 e. The molecule has 0 spiro atoms. The van der Waals surface area contributed by atoms with E-state index in [0.717, 1.165) is 12.5 Å². The van der Waals surface area contributed by atoms with Gasteiger partial charge in [-0.05, 0) is 51.3 Å². The standard InChI is InChI=1S/C19H31N3/c1-16-12-22(13-17(2)20-16)15-19-8-10-21(11-9-19)14-18-6-4-3-5-7-18/h3-7,16-17,19-20H,8-15H2,1-2H3. The van der Waals surface area contributed by atoms with Gasteiger partial charge in [0.05, 0.1) is 0 Å². The van der Waals surface area contributed by atoms with Crippen LogP contribution in [0.2, 0.25) is 0 Å². The maximum atomic E-state index is 3.63. The zero-order chi connectivity index (χ0) is 15.4. The van der Waals surface area contributed by atoms with Gasteiger partial charge in [0.1, 0.15) is 0 Å². The van der Waals surface area contributed by atoms with Gasteiger partial charge >= 0.3 is 0 Å². The lowest BCUT2D eigenvalue weighted by atomic mass is 9.95. The van der Waals surface area contributed by atoms with Gasteiger partial charge in [0.2, 0.25) is 0 Å². The molecule has 1 aromatic rings. The molecule has 3 rings (SSSR count). The van der Waals surface area contributed by atoms with E-state index in [1.807, 2.05) is 0 Å². The van der Waals surface area contributed by atoms with Crippen molar-refractivity contribution in [2.45, 2.75) is 45.3 Å². The minimum Gasteiger partial charge on any atom is -0.309 e. The number of piperidine rings is 1. The van der Waals surface area contributed by atoms with Gasteiger partial charge in [-0.3, -0.25) is 9.80 Å². The van der Waals surface area contributed by atoms with Crippen molar-refractivity contribution in [3.63, 3.8) is 0 Å². The van der Waals surface area contributed by atoms with Crippen molar-refractivity contribution >= 4 is 0 Å². The number of piperazine rings is 1. The average molecular weight is 301 g/mol. The third-order valence-corrected chi connectivity index (χ3v) is 5.11. The van der Waals surface area contributed by atoms with Crippen molar-refractivity contribution in [1.29, 1.82) is 0 Å². The van der Waals surface area contributed by atoms with E-state index in [-0.39, 0.29) is 0 Å². The molecule has 22 heavy (non-hydrogen) atoms. The first-order chi connectivity index (χ1) is 10.7. The smallest absolute Gasteiger partial charge is 0.0233 e. The molecule has 3 heteroatoms. The second-order valence-corrected chi connectivity index (χ2v) is 7.39. The second kappa shape index (κ2) is 7.58. The van der Waals surface area contributed by atoms with Crippen molar-refractivity contribution in [2.75, 3.05) is 32.7 Å². The summed E-state index contributed by atoms with van der Waals surface area (Å²) in [4.78, 5) is 5.30. The zero-order valence-electron chi connectivity index (χ0n) is 14.2. The van der Waals surface area contributed by atoms with Crippen LogP contribution in [0.15, 0.2) is 30.3 Å². The Kier molecular flexibility index (Phi) is 5.51. The molecule has 2 fully saturated rings. The van der Waals surface area contributed by atoms with Crippen LogP contribution in [0.25, 0.3) is 0 Å². The van der Waals surface area contributed by atoms with Crippen LogP contribution >= 0.6 is 0 Å². The van der Waals surface area contributed by atoms with E-state index in [1.165, 1.54) is 51.1 Å². The van der Waals surface area contributed by atoms with Crippen LogP contribution in [0, 0.1) is 5.92 Å². The van der Waals surface area contributed by atoms with Gasteiger partial charge in [-0.25, -0.2) is 0 Å². The highest BCUT2D eigenvalue weighted by Gasteiger charge is 2.25. The molecule has 0 amide bonds.